The van der Waals surface area contributed by atoms with Gasteiger partial charge in [0.15, 0.2) is 0 Å². The van der Waals surface area contributed by atoms with Crippen molar-refractivity contribution < 1.29 is 14.0 Å². The summed E-state index contributed by atoms with van der Waals surface area (Å²) in [6.07, 6.45) is 1.73. The van der Waals surface area contributed by atoms with Crippen molar-refractivity contribution in [2.45, 2.75) is 34.6 Å². The summed E-state index contributed by atoms with van der Waals surface area (Å²) in [6.45, 7) is 13.5. The number of anilines is 1. The maximum absolute atomic E-state index is 13.9. The van der Waals surface area contributed by atoms with Crippen molar-refractivity contribution in [3.63, 3.8) is 0 Å². The van der Waals surface area contributed by atoms with E-state index in [4.69, 9.17) is 0 Å². The number of benzene rings is 1. The van der Waals surface area contributed by atoms with Gasteiger partial charge in [-0.25, -0.2) is 4.39 Å². The molecular weight excluding hydrogens is 395 g/mol. The molecule has 1 aromatic carbocycles. The van der Waals surface area contributed by atoms with Crippen LogP contribution in [0.15, 0.2) is 18.2 Å². The molecule has 2 aromatic rings. The number of carbonyl (C=O) groups is 2. The van der Waals surface area contributed by atoms with E-state index in [1.807, 2.05) is 20.8 Å². The lowest BCUT2D eigenvalue weighted by atomic mass is 10.0. The molecule has 0 saturated carbocycles. The summed E-state index contributed by atoms with van der Waals surface area (Å²) in [4.78, 5) is 32.9. The first kappa shape index (κ1) is 22.7. The summed E-state index contributed by atoms with van der Waals surface area (Å²) in [7, 11) is 0. The third-order valence-electron chi connectivity index (χ3n) is 5.93. The normalized spacial score (nSPS) is 14.6. The Kier molecular flexibility index (Phi) is 6.95. The molecule has 0 aliphatic carbocycles. The van der Waals surface area contributed by atoms with E-state index >= 15 is 0 Å². The Morgan fingerprint density at radius 3 is 2.58 bits per heavy atom. The Labute approximate surface area is 183 Å². The van der Waals surface area contributed by atoms with Gasteiger partial charge in [0.1, 0.15) is 5.82 Å². The van der Waals surface area contributed by atoms with Gasteiger partial charge in [0.25, 0.3) is 11.8 Å². The molecule has 3 rings (SSSR count). The number of nitrogens with zero attached hydrogens (tertiary/aromatic N) is 2. The third kappa shape index (κ3) is 4.42. The highest BCUT2D eigenvalue weighted by atomic mass is 19.1. The number of hydrogen-bond donors (Lipinski definition) is 2. The molecule has 1 aromatic heterocycles. The molecule has 2 N–H and O–H groups in total. The number of hydrogen-bond acceptors (Lipinski definition) is 3. The number of H-pyrrole nitrogens is 1. The number of rotatable bonds is 8. The van der Waals surface area contributed by atoms with Crippen LogP contribution in [-0.4, -0.2) is 54.4 Å². The van der Waals surface area contributed by atoms with Gasteiger partial charge in [0.2, 0.25) is 0 Å². The van der Waals surface area contributed by atoms with Crippen LogP contribution in [0.5, 0.6) is 0 Å². The molecule has 0 radical (unpaired) electrons. The van der Waals surface area contributed by atoms with Crippen molar-refractivity contribution in [3.05, 3.63) is 52.1 Å². The van der Waals surface area contributed by atoms with Crippen molar-refractivity contribution in [2.24, 2.45) is 0 Å². The fourth-order valence-electron chi connectivity index (χ4n) is 4.14. The number of aromatic nitrogens is 1. The molecule has 6 nitrogen and oxygen atoms in total. The van der Waals surface area contributed by atoms with E-state index in [1.165, 1.54) is 12.1 Å². The van der Waals surface area contributed by atoms with Gasteiger partial charge >= 0.3 is 0 Å². The Morgan fingerprint density at radius 1 is 1.23 bits per heavy atom. The van der Waals surface area contributed by atoms with Gasteiger partial charge in [-0.15, -0.1) is 0 Å². The van der Waals surface area contributed by atoms with Gasteiger partial charge in [0.05, 0.1) is 16.8 Å². The standard InChI is InChI=1S/C24H31FN4O2/c1-6-28(7-2)12-11-26-23(30)22-15(4)20(27-16(22)5)14-19-18-13-17(25)9-10-21(18)29(8-3)24(19)31/h9-10,13-14,27H,6-8,11-12H2,1-5H3,(H,26,30)/b19-14-. The van der Waals surface area contributed by atoms with Gasteiger partial charge in [-0.3, -0.25) is 9.59 Å². The van der Waals surface area contributed by atoms with Crippen molar-refractivity contribution in [1.29, 1.82) is 0 Å². The highest BCUT2D eigenvalue weighted by molar-refractivity contribution is 6.35. The minimum Gasteiger partial charge on any atom is -0.358 e. The van der Waals surface area contributed by atoms with Crippen LogP contribution in [-0.2, 0) is 4.79 Å². The second-order valence-electron chi connectivity index (χ2n) is 7.72. The smallest absolute Gasteiger partial charge is 0.259 e. The van der Waals surface area contributed by atoms with Gasteiger partial charge in [-0.1, -0.05) is 13.8 Å². The Balaban J connectivity index is 1.89. The van der Waals surface area contributed by atoms with E-state index in [-0.39, 0.29) is 17.6 Å². The number of amides is 2. The van der Waals surface area contributed by atoms with Gasteiger partial charge in [-0.2, -0.15) is 0 Å². The number of nitrogens with one attached hydrogen (secondary N) is 2. The van der Waals surface area contributed by atoms with E-state index in [2.05, 4.69) is 29.0 Å². The van der Waals surface area contributed by atoms with E-state index in [0.29, 0.717) is 41.2 Å². The molecule has 0 atom stereocenters. The van der Waals surface area contributed by atoms with Crippen LogP contribution < -0.4 is 10.2 Å². The summed E-state index contributed by atoms with van der Waals surface area (Å²) >= 11 is 0. The Bertz CT molecular complexity index is 1020. The second-order valence-corrected chi connectivity index (χ2v) is 7.72. The highest BCUT2D eigenvalue weighted by Gasteiger charge is 2.32. The van der Waals surface area contributed by atoms with E-state index in [1.54, 1.807) is 17.0 Å². The van der Waals surface area contributed by atoms with Gasteiger partial charge in [0, 0.05) is 36.6 Å². The number of carbonyl (C=O) groups excluding carboxylic acids is 2. The zero-order valence-electron chi connectivity index (χ0n) is 18.9. The van der Waals surface area contributed by atoms with Crippen LogP contribution in [0.4, 0.5) is 10.1 Å². The quantitative estimate of drug-likeness (QED) is 0.632. The lowest BCUT2D eigenvalue weighted by Crippen LogP contribution is -2.35. The summed E-state index contributed by atoms with van der Waals surface area (Å²) in [5, 5.41) is 2.99. The average Bonchev–Trinajstić information content (AvgIpc) is 3.17. The predicted molar refractivity (Wildman–Crippen MR) is 123 cm³/mol. The maximum Gasteiger partial charge on any atom is 0.259 e. The summed E-state index contributed by atoms with van der Waals surface area (Å²) in [6, 6.07) is 4.39. The molecule has 2 heterocycles. The first-order valence-electron chi connectivity index (χ1n) is 10.8. The number of halogens is 1. The fourth-order valence-corrected chi connectivity index (χ4v) is 4.14. The molecule has 2 amide bonds. The van der Waals surface area contributed by atoms with Gasteiger partial charge < -0.3 is 20.1 Å². The number of fused-ring (bicyclic) bond motifs is 1. The molecule has 0 bridgehead atoms. The average molecular weight is 427 g/mol. The number of aryl methyl sites for hydroxylation is 1. The monoisotopic (exact) mass is 426 g/mol. The van der Waals surface area contributed by atoms with E-state index in [0.717, 1.165) is 30.9 Å². The predicted octanol–water partition coefficient (Wildman–Crippen LogP) is 3.75. The maximum atomic E-state index is 13.9. The Morgan fingerprint density at radius 2 is 1.94 bits per heavy atom. The zero-order chi connectivity index (χ0) is 22.7. The van der Waals surface area contributed by atoms with E-state index in [9.17, 15) is 14.0 Å². The molecule has 0 spiro atoms. The minimum atomic E-state index is -0.386. The van der Waals surface area contributed by atoms with Crippen LogP contribution in [0.1, 0.15) is 53.6 Å². The second kappa shape index (κ2) is 9.47. The zero-order valence-corrected chi connectivity index (χ0v) is 18.9. The molecule has 7 heteroatoms. The largest absolute Gasteiger partial charge is 0.358 e. The molecule has 1 aliphatic heterocycles. The molecule has 0 unspecified atom stereocenters. The van der Waals surface area contributed by atoms with Gasteiger partial charge in [-0.05, 0) is 63.7 Å². The van der Waals surface area contributed by atoms with Crippen LogP contribution in [0.25, 0.3) is 11.6 Å². The topological polar surface area (TPSA) is 68.4 Å². The van der Waals surface area contributed by atoms with Crippen LogP contribution in [0, 0.1) is 19.7 Å². The lowest BCUT2D eigenvalue weighted by Gasteiger charge is -2.18. The lowest BCUT2D eigenvalue weighted by molar-refractivity contribution is -0.112. The SMILES string of the molecule is CCN(CC)CCNC(=O)c1c(C)[nH]c(/C=C2\C(=O)N(CC)c3ccc(F)cc32)c1C. The van der Waals surface area contributed by atoms with Crippen molar-refractivity contribution in [2.75, 3.05) is 37.6 Å². The molecule has 0 fully saturated rings. The fraction of sp³-hybridized carbons (Fsp3) is 0.417. The molecular formula is C24H31FN4O2. The van der Waals surface area contributed by atoms with Crippen molar-refractivity contribution in [1.82, 2.24) is 15.2 Å². The van der Waals surface area contributed by atoms with Crippen LogP contribution >= 0.6 is 0 Å². The first-order valence-corrected chi connectivity index (χ1v) is 10.8. The number of likely N-dealkylation sites (N-methyl/N-ethyl adjacent to an activating group) is 2. The number of aromatic amines is 1. The van der Waals surface area contributed by atoms with E-state index < -0.39 is 0 Å². The molecule has 1 aliphatic rings. The third-order valence-corrected chi connectivity index (χ3v) is 5.93. The minimum absolute atomic E-state index is 0.137. The van der Waals surface area contributed by atoms with Crippen LogP contribution in [0.3, 0.4) is 0 Å². The van der Waals surface area contributed by atoms with Crippen molar-refractivity contribution >= 4 is 29.2 Å². The van der Waals surface area contributed by atoms with Crippen LogP contribution in [0.2, 0.25) is 0 Å². The first-order chi connectivity index (χ1) is 14.8. The molecule has 166 valence electrons. The highest BCUT2D eigenvalue weighted by Crippen LogP contribution is 2.38. The molecule has 0 saturated heterocycles. The molecule has 31 heavy (non-hydrogen) atoms. The Hall–Kier alpha value is -2.93. The van der Waals surface area contributed by atoms with Crippen molar-refractivity contribution in [3.8, 4) is 0 Å². The summed E-state index contributed by atoms with van der Waals surface area (Å²) in [5.74, 6) is -0.689. The summed E-state index contributed by atoms with van der Waals surface area (Å²) in [5.41, 5.74) is 4.48. The summed E-state index contributed by atoms with van der Waals surface area (Å²) < 4.78 is 13.9.